The number of nitrogens with zero attached hydrogens (tertiary/aromatic N) is 1. The minimum Gasteiger partial charge on any atom is -0.302 e. The van der Waals surface area contributed by atoms with Gasteiger partial charge in [-0.3, -0.25) is 4.79 Å². The number of aromatic nitrogens is 1. The first-order chi connectivity index (χ1) is 10.1. The Labute approximate surface area is 130 Å². The smallest absolute Gasteiger partial charge is 0.225 e. The Bertz CT molecular complexity index is 515. The van der Waals surface area contributed by atoms with Gasteiger partial charge in [0.25, 0.3) is 0 Å². The fourth-order valence-electron chi connectivity index (χ4n) is 5.54. The van der Waals surface area contributed by atoms with Gasteiger partial charge < -0.3 is 5.32 Å². The summed E-state index contributed by atoms with van der Waals surface area (Å²) in [5.74, 6) is 3.04. The van der Waals surface area contributed by atoms with Crippen molar-refractivity contribution < 1.29 is 4.79 Å². The fraction of sp³-hybridized carbons (Fsp3) is 0.765. The lowest BCUT2D eigenvalue weighted by molar-refractivity contribution is -0.115. The Hall–Kier alpha value is -0.900. The van der Waals surface area contributed by atoms with Crippen molar-refractivity contribution in [3.05, 3.63) is 11.1 Å². The highest BCUT2D eigenvalue weighted by Gasteiger charge is 2.50. The van der Waals surface area contributed by atoms with Crippen LogP contribution in [0.3, 0.4) is 0 Å². The van der Waals surface area contributed by atoms with Gasteiger partial charge in [0.2, 0.25) is 5.91 Å². The molecule has 4 aliphatic carbocycles. The number of amides is 1. The minimum absolute atomic E-state index is 0.0608. The van der Waals surface area contributed by atoms with Gasteiger partial charge in [0.05, 0.1) is 5.69 Å². The summed E-state index contributed by atoms with van der Waals surface area (Å²) in [7, 11) is 0. The first kappa shape index (κ1) is 13.7. The van der Waals surface area contributed by atoms with Crippen LogP contribution in [0.25, 0.3) is 0 Å². The molecule has 114 valence electrons. The summed E-state index contributed by atoms with van der Waals surface area (Å²) >= 11 is 1.58. The fourth-order valence-corrected chi connectivity index (χ4v) is 6.27. The average molecular weight is 304 g/mol. The lowest BCUT2D eigenvalue weighted by Crippen LogP contribution is -2.47. The molecule has 4 fully saturated rings. The molecular weight excluding hydrogens is 280 g/mol. The van der Waals surface area contributed by atoms with E-state index in [1.54, 1.807) is 11.3 Å². The molecular formula is C17H24N2OS. The minimum atomic E-state index is 0.0608. The molecule has 4 bridgehead atoms. The molecule has 0 radical (unpaired) electrons. The first-order valence-corrected chi connectivity index (χ1v) is 9.26. The highest BCUT2D eigenvalue weighted by atomic mass is 32.1. The van der Waals surface area contributed by atoms with Crippen LogP contribution in [0.1, 0.15) is 57.6 Å². The van der Waals surface area contributed by atoms with Gasteiger partial charge in [-0.15, -0.1) is 11.3 Å². The van der Waals surface area contributed by atoms with E-state index < -0.39 is 0 Å². The summed E-state index contributed by atoms with van der Waals surface area (Å²) in [5.41, 5.74) is 1.74. The van der Waals surface area contributed by atoms with Gasteiger partial charge in [0.1, 0.15) is 0 Å². The molecule has 1 aromatic heterocycles. The molecule has 1 amide bonds. The van der Waals surface area contributed by atoms with Crippen molar-refractivity contribution in [2.24, 2.45) is 23.2 Å². The molecule has 1 N–H and O–H groups in total. The first-order valence-electron chi connectivity index (χ1n) is 8.38. The molecule has 0 atom stereocenters. The largest absolute Gasteiger partial charge is 0.302 e. The van der Waals surface area contributed by atoms with E-state index in [0.717, 1.165) is 29.3 Å². The molecule has 4 heteroatoms. The second-order valence-corrected chi connectivity index (χ2v) is 8.50. The van der Waals surface area contributed by atoms with Crippen LogP contribution >= 0.6 is 11.3 Å². The number of carbonyl (C=O) groups is 1. The molecule has 0 aromatic carbocycles. The van der Waals surface area contributed by atoms with Crippen LogP contribution in [0, 0.1) is 23.2 Å². The lowest BCUT2D eigenvalue weighted by atomic mass is 9.48. The summed E-state index contributed by atoms with van der Waals surface area (Å²) < 4.78 is 0. The van der Waals surface area contributed by atoms with E-state index in [9.17, 15) is 4.79 Å². The van der Waals surface area contributed by atoms with Crippen molar-refractivity contribution in [1.29, 1.82) is 0 Å². The predicted molar refractivity (Wildman–Crippen MR) is 85.3 cm³/mol. The molecule has 4 aliphatic rings. The summed E-state index contributed by atoms with van der Waals surface area (Å²) in [6, 6.07) is 0. The normalized spacial score (nSPS) is 36.9. The van der Waals surface area contributed by atoms with E-state index in [4.69, 9.17) is 0 Å². The summed E-state index contributed by atoms with van der Waals surface area (Å²) in [6.45, 7) is 1.87. The molecule has 0 unspecified atom stereocenters. The number of anilines is 1. The molecule has 1 heterocycles. The van der Waals surface area contributed by atoms with Crippen LogP contribution in [0.5, 0.6) is 0 Å². The van der Waals surface area contributed by atoms with Crippen molar-refractivity contribution in [2.75, 3.05) is 5.32 Å². The third-order valence-electron chi connectivity index (χ3n) is 5.84. The Kier molecular flexibility index (Phi) is 3.32. The Morgan fingerprint density at radius 2 is 1.90 bits per heavy atom. The van der Waals surface area contributed by atoms with Crippen LogP contribution in [0.2, 0.25) is 0 Å². The maximum Gasteiger partial charge on any atom is 0.225 e. The number of nitrogens with one attached hydrogen (secondary N) is 1. The molecule has 0 aliphatic heterocycles. The van der Waals surface area contributed by atoms with Gasteiger partial charge in [-0.2, -0.15) is 0 Å². The van der Waals surface area contributed by atoms with Gasteiger partial charge in [-0.1, -0.05) is 6.92 Å². The average Bonchev–Trinajstić information content (AvgIpc) is 2.83. The standard InChI is InChI=1S/C17H24N2OS/c1-2-15(20)19-16-18-14(10-21-16)9-17-6-11-3-12(7-17)5-13(4-11)8-17/h10-13H,2-9H2,1H3,(H,18,19,20). The number of rotatable bonds is 4. The molecule has 1 aromatic rings. The quantitative estimate of drug-likeness (QED) is 0.903. The van der Waals surface area contributed by atoms with Gasteiger partial charge in [0.15, 0.2) is 5.13 Å². The molecule has 0 saturated heterocycles. The highest BCUT2D eigenvalue weighted by Crippen LogP contribution is 2.61. The number of thiazole rings is 1. The van der Waals surface area contributed by atoms with Crippen molar-refractivity contribution in [3.63, 3.8) is 0 Å². The van der Waals surface area contributed by atoms with Crippen LogP contribution in [-0.2, 0) is 11.2 Å². The summed E-state index contributed by atoms with van der Waals surface area (Å²) in [5, 5.41) is 5.82. The highest BCUT2D eigenvalue weighted by molar-refractivity contribution is 7.13. The van der Waals surface area contributed by atoms with Crippen molar-refractivity contribution >= 4 is 22.4 Å². The molecule has 4 saturated carbocycles. The van der Waals surface area contributed by atoms with Crippen molar-refractivity contribution in [1.82, 2.24) is 4.98 Å². The lowest BCUT2D eigenvalue weighted by Gasteiger charge is -2.56. The third kappa shape index (κ3) is 2.63. The van der Waals surface area contributed by atoms with E-state index >= 15 is 0 Å². The number of carbonyl (C=O) groups excluding carboxylic acids is 1. The number of hydrogen-bond acceptors (Lipinski definition) is 3. The molecule has 5 rings (SSSR count). The zero-order valence-electron chi connectivity index (χ0n) is 12.7. The molecule has 0 spiro atoms. The maximum absolute atomic E-state index is 11.5. The van der Waals surface area contributed by atoms with Crippen LogP contribution in [-0.4, -0.2) is 10.9 Å². The zero-order chi connectivity index (χ0) is 14.4. The van der Waals surface area contributed by atoms with E-state index in [-0.39, 0.29) is 5.91 Å². The Morgan fingerprint density at radius 1 is 1.29 bits per heavy atom. The van der Waals surface area contributed by atoms with Gasteiger partial charge in [-0.25, -0.2) is 4.98 Å². The van der Waals surface area contributed by atoms with Crippen LogP contribution < -0.4 is 5.32 Å². The van der Waals surface area contributed by atoms with Crippen molar-refractivity contribution in [2.45, 2.75) is 58.3 Å². The van der Waals surface area contributed by atoms with Gasteiger partial charge in [0, 0.05) is 11.8 Å². The van der Waals surface area contributed by atoms with E-state index in [0.29, 0.717) is 11.8 Å². The topological polar surface area (TPSA) is 42.0 Å². The third-order valence-corrected chi connectivity index (χ3v) is 6.65. The van der Waals surface area contributed by atoms with E-state index in [1.165, 1.54) is 44.2 Å². The SMILES string of the molecule is CCC(=O)Nc1nc(CC23CC4CC(CC(C4)C2)C3)cs1. The van der Waals surface area contributed by atoms with Crippen molar-refractivity contribution in [3.8, 4) is 0 Å². The summed E-state index contributed by atoms with van der Waals surface area (Å²) in [6.07, 6.45) is 10.4. The summed E-state index contributed by atoms with van der Waals surface area (Å²) in [4.78, 5) is 16.1. The predicted octanol–water partition coefficient (Wildman–Crippen LogP) is 4.25. The number of hydrogen-bond donors (Lipinski definition) is 1. The van der Waals surface area contributed by atoms with Crippen LogP contribution in [0.4, 0.5) is 5.13 Å². The second-order valence-electron chi connectivity index (χ2n) is 7.64. The molecule has 21 heavy (non-hydrogen) atoms. The van der Waals surface area contributed by atoms with E-state index in [2.05, 4.69) is 15.7 Å². The monoisotopic (exact) mass is 304 g/mol. The van der Waals surface area contributed by atoms with Gasteiger partial charge in [-0.05, 0) is 68.1 Å². The Morgan fingerprint density at radius 3 is 2.48 bits per heavy atom. The van der Waals surface area contributed by atoms with Gasteiger partial charge >= 0.3 is 0 Å². The zero-order valence-corrected chi connectivity index (χ0v) is 13.5. The molecule has 3 nitrogen and oxygen atoms in total. The Balaban J connectivity index is 1.47. The van der Waals surface area contributed by atoms with E-state index in [1.807, 2.05) is 6.92 Å². The second kappa shape index (κ2) is 5.08. The maximum atomic E-state index is 11.5. The van der Waals surface area contributed by atoms with Crippen LogP contribution in [0.15, 0.2) is 5.38 Å².